The van der Waals surface area contributed by atoms with Crippen molar-refractivity contribution in [3.05, 3.63) is 35.9 Å². The van der Waals surface area contributed by atoms with Crippen LogP contribution >= 0.6 is 0 Å². The Balaban J connectivity index is 1.53. The van der Waals surface area contributed by atoms with Gasteiger partial charge in [-0.25, -0.2) is 0 Å². The standard InChI is InChI=1S/C17H24O4/c18-11-15-6-7-17(20-8-9-21-17)10-16(15)13-19-12-14-4-2-1-3-5-14/h1-5,15-16,18H,6-13H2/t15-,16-/m0/s1. The maximum Gasteiger partial charge on any atom is 0.168 e. The second-order valence-corrected chi connectivity index (χ2v) is 6.05. The van der Waals surface area contributed by atoms with Crippen LogP contribution in [0.25, 0.3) is 0 Å². The summed E-state index contributed by atoms with van der Waals surface area (Å²) in [7, 11) is 0. The van der Waals surface area contributed by atoms with E-state index in [0.29, 0.717) is 38.3 Å². The molecule has 4 nitrogen and oxygen atoms in total. The molecule has 1 aromatic rings. The van der Waals surface area contributed by atoms with Crippen molar-refractivity contribution in [1.29, 1.82) is 0 Å². The molecule has 1 aliphatic carbocycles. The highest BCUT2D eigenvalue weighted by Crippen LogP contribution is 2.41. The maximum atomic E-state index is 9.57. The molecule has 0 aromatic heterocycles. The van der Waals surface area contributed by atoms with Gasteiger partial charge in [-0.15, -0.1) is 0 Å². The molecule has 1 saturated heterocycles. The van der Waals surface area contributed by atoms with Gasteiger partial charge in [0.15, 0.2) is 5.79 Å². The molecule has 1 aliphatic heterocycles. The van der Waals surface area contributed by atoms with Crippen molar-refractivity contribution in [3.63, 3.8) is 0 Å². The lowest BCUT2D eigenvalue weighted by molar-refractivity contribution is -0.202. The van der Waals surface area contributed by atoms with Gasteiger partial charge in [-0.3, -0.25) is 0 Å². The summed E-state index contributed by atoms with van der Waals surface area (Å²) >= 11 is 0. The second kappa shape index (κ2) is 6.88. The summed E-state index contributed by atoms with van der Waals surface area (Å²) in [5.74, 6) is 0.177. The monoisotopic (exact) mass is 292 g/mol. The summed E-state index contributed by atoms with van der Waals surface area (Å²) in [6.07, 6.45) is 2.65. The predicted octanol–water partition coefficient (Wildman–Crippen LogP) is 2.35. The topological polar surface area (TPSA) is 47.9 Å². The van der Waals surface area contributed by atoms with Gasteiger partial charge < -0.3 is 19.3 Å². The van der Waals surface area contributed by atoms with Gasteiger partial charge >= 0.3 is 0 Å². The van der Waals surface area contributed by atoms with Crippen LogP contribution in [-0.4, -0.2) is 37.3 Å². The quantitative estimate of drug-likeness (QED) is 0.905. The van der Waals surface area contributed by atoms with Gasteiger partial charge in [-0.05, 0) is 23.8 Å². The Labute approximate surface area is 126 Å². The van der Waals surface area contributed by atoms with Crippen LogP contribution in [0.4, 0.5) is 0 Å². The Morgan fingerprint density at radius 1 is 1.14 bits per heavy atom. The molecule has 2 fully saturated rings. The van der Waals surface area contributed by atoms with E-state index in [0.717, 1.165) is 19.3 Å². The molecule has 0 amide bonds. The van der Waals surface area contributed by atoms with E-state index in [1.54, 1.807) is 0 Å². The molecule has 4 heteroatoms. The zero-order valence-electron chi connectivity index (χ0n) is 12.4. The van der Waals surface area contributed by atoms with E-state index in [4.69, 9.17) is 14.2 Å². The fraction of sp³-hybridized carbons (Fsp3) is 0.647. The van der Waals surface area contributed by atoms with Gasteiger partial charge in [0.2, 0.25) is 0 Å². The van der Waals surface area contributed by atoms with Crippen LogP contribution in [0.15, 0.2) is 30.3 Å². The molecule has 1 aromatic carbocycles. The first-order chi connectivity index (χ1) is 10.3. The molecule has 1 heterocycles. The molecule has 0 radical (unpaired) electrons. The third-order valence-corrected chi connectivity index (χ3v) is 4.63. The SMILES string of the molecule is OC[C@@H]1CCC2(C[C@H]1COCc1ccccc1)OCCO2. The number of ether oxygens (including phenoxy) is 3. The lowest BCUT2D eigenvalue weighted by Gasteiger charge is -2.40. The van der Waals surface area contributed by atoms with Gasteiger partial charge in [-0.1, -0.05) is 30.3 Å². The minimum Gasteiger partial charge on any atom is -0.396 e. The van der Waals surface area contributed by atoms with Crippen LogP contribution in [0, 0.1) is 11.8 Å². The smallest absolute Gasteiger partial charge is 0.168 e. The largest absolute Gasteiger partial charge is 0.396 e. The summed E-state index contributed by atoms with van der Waals surface area (Å²) in [6, 6.07) is 10.2. The Kier molecular flexibility index (Phi) is 4.91. The summed E-state index contributed by atoms with van der Waals surface area (Å²) in [4.78, 5) is 0. The molecule has 2 aliphatic rings. The molecule has 116 valence electrons. The van der Waals surface area contributed by atoms with Gasteiger partial charge in [0.25, 0.3) is 0 Å². The summed E-state index contributed by atoms with van der Waals surface area (Å²) in [6.45, 7) is 2.84. The molecule has 1 spiro atoms. The molecule has 2 atom stereocenters. The highest BCUT2D eigenvalue weighted by atomic mass is 16.7. The lowest BCUT2D eigenvalue weighted by atomic mass is 9.77. The van der Waals surface area contributed by atoms with Crippen LogP contribution in [-0.2, 0) is 20.8 Å². The van der Waals surface area contributed by atoms with Crippen molar-refractivity contribution in [2.75, 3.05) is 26.4 Å². The van der Waals surface area contributed by atoms with E-state index in [1.165, 1.54) is 5.56 Å². The first kappa shape index (κ1) is 15.0. The third kappa shape index (κ3) is 3.64. The van der Waals surface area contributed by atoms with E-state index in [2.05, 4.69) is 12.1 Å². The van der Waals surface area contributed by atoms with Crippen molar-refractivity contribution in [2.24, 2.45) is 11.8 Å². The van der Waals surface area contributed by atoms with Crippen LogP contribution in [0.5, 0.6) is 0 Å². The molecule has 3 rings (SSSR count). The van der Waals surface area contributed by atoms with E-state index in [9.17, 15) is 5.11 Å². The second-order valence-electron chi connectivity index (χ2n) is 6.05. The van der Waals surface area contributed by atoms with E-state index < -0.39 is 5.79 Å². The van der Waals surface area contributed by atoms with Crippen LogP contribution in [0.2, 0.25) is 0 Å². The number of hydrogen-bond acceptors (Lipinski definition) is 4. The number of rotatable bonds is 5. The molecular formula is C17H24O4. The molecule has 0 bridgehead atoms. The fourth-order valence-electron chi connectivity index (χ4n) is 3.41. The Morgan fingerprint density at radius 3 is 2.62 bits per heavy atom. The highest BCUT2D eigenvalue weighted by Gasteiger charge is 2.44. The highest BCUT2D eigenvalue weighted by molar-refractivity contribution is 5.13. The summed E-state index contributed by atoms with van der Waals surface area (Å²) < 4.78 is 17.5. The van der Waals surface area contributed by atoms with Crippen LogP contribution in [0.3, 0.4) is 0 Å². The summed E-state index contributed by atoms with van der Waals surface area (Å²) in [5, 5.41) is 9.57. The maximum absolute atomic E-state index is 9.57. The van der Waals surface area contributed by atoms with Gasteiger partial charge in [0, 0.05) is 19.4 Å². The number of hydrogen-bond donors (Lipinski definition) is 1. The molecular weight excluding hydrogens is 268 g/mol. The lowest BCUT2D eigenvalue weighted by Crippen LogP contribution is -2.42. The summed E-state index contributed by atoms with van der Waals surface area (Å²) in [5.41, 5.74) is 1.18. The van der Waals surface area contributed by atoms with Crippen LogP contribution < -0.4 is 0 Å². The third-order valence-electron chi connectivity index (χ3n) is 4.63. The van der Waals surface area contributed by atoms with E-state index in [-0.39, 0.29) is 6.61 Å². The van der Waals surface area contributed by atoms with Crippen molar-refractivity contribution in [3.8, 4) is 0 Å². The normalized spacial score (nSPS) is 28.0. The molecule has 1 N–H and O–H groups in total. The van der Waals surface area contributed by atoms with Crippen molar-refractivity contribution in [1.82, 2.24) is 0 Å². The predicted molar refractivity (Wildman–Crippen MR) is 78.6 cm³/mol. The first-order valence-corrected chi connectivity index (χ1v) is 7.82. The molecule has 1 saturated carbocycles. The average molecular weight is 292 g/mol. The zero-order chi connectivity index (χ0) is 14.5. The zero-order valence-corrected chi connectivity index (χ0v) is 12.4. The van der Waals surface area contributed by atoms with Gasteiger partial charge in [0.05, 0.1) is 26.4 Å². The van der Waals surface area contributed by atoms with Crippen LogP contribution in [0.1, 0.15) is 24.8 Å². The number of aliphatic hydroxyl groups is 1. The average Bonchev–Trinajstić information content (AvgIpc) is 2.97. The fourth-order valence-corrected chi connectivity index (χ4v) is 3.41. The van der Waals surface area contributed by atoms with E-state index in [1.807, 2.05) is 18.2 Å². The Bertz CT molecular complexity index is 428. The molecule has 21 heavy (non-hydrogen) atoms. The Morgan fingerprint density at radius 2 is 1.90 bits per heavy atom. The van der Waals surface area contributed by atoms with E-state index >= 15 is 0 Å². The Hall–Kier alpha value is -0.940. The number of aliphatic hydroxyl groups excluding tert-OH is 1. The first-order valence-electron chi connectivity index (χ1n) is 7.82. The van der Waals surface area contributed by atoms with Crippen molar-refractivity contribution >= 4 is 0 Å². The minimum atomic E-state index is -0.410. The number of benzene rings is 1. The van der Waals surface area contributed by atoms with Gasteiger partial charge in [-0.2, -0.15) is 0 Å². The molecule has 0 unspecified atom stereocenters. The van der Waals surface area contributed by atoms with Gasteiger partial charge in [0.1, 0.15) is 0 Å². The van der Waals surface area contributed by atoms with Crippen molar-refractivity contribution in [2.45, 2.75) is 31.7 Å². The minimum absolute atomic E-state index is 0.218. The van der Waals surface area contributed by atoms with Crippen molar-refractivity contribution < 1.29 is 19.3 Å².